The summed E-state index contributed by atoms with van der Waals surface area (Å²) in [5.41, 5.74) is 5.97. The van der Waals surface area contributed by atoms with E-state index in [9.17, 15) is 4.79 Å². The van der Waals surface area contributed by atoms with E-state index in [0.29, 0.717) is 12.2 Å². The molecule has 0 radical (unpaired) electrons. The molecule has 0 aromatic carbocycles. The normalized spacial score (nSPS) is 9.59. The highest BCUT2D eigenvalue weighted by molar-refractivity contribution is 5.97. The summed E-state index contributed by atoms with van der Waals surface area (Å²) in [4.78, 5) is 12.7. The van der Waals surface area contributed by atoms with Crippen LogP contribution in [0.15, 0.2) is 11.4 Å². The van der Waals surface area contributed by atoms with Crippen molar-refractivity contribution in [3.8, 4) is 0 Å². The summed E-state index contributed by atoms with van der Waals surface area (Å²) in [5.74, 6) is -0.292. The predicted molar refractivity (Wildman–Crippen MR) is 75.1 cm³/mol. The van der Waals surface area contributed by atoms with Gasteiger partial charge in [-0.1, -0.05) is 27.7 Å². The molecule has 102 valence electrons. The SMILES string of the molecule is CC.CC.CCN/C(C=N)=C(/N)C(=O)N(C)C. The molecule has 0 spiro atoms. The lowest BCUT2D eigenvalue weighted by Crippen LogP contribution is -2.31. The number of rotatable bonds is 4. The van der Waals surface area contributed by atoms with Crippen molar-refractivity contribution in [2.75, 3.05) is 20.6 Å². The third-order valence-electron chi connectivity index (χ3n) is 1.44. The minimum absolute atomic E-state index is 0.0712. The lowest BCUT2D eigenvalue weighted by molar-refractivity contribution is -0.124. The second-order valence-corrected chi connectivity index (χ2v) is 2.70. The van der Waals surface area contributed by atoms with Gasteiger partial charge in [0.05, 0.1) is 5.70 Å². The third kappa shape index (κ3) is 9.41. The summed E-state index contributed by atoms with van der Waals surface area (Å²) in [5, 5.41) is 9.86. The molecule has 0 fully saturated rings. The number of nitrogens with one attached hydrogen (secondary N) is 2. The van der Waals surface area contributed by atoms with Crippen LogP contribution >= 0.6 is 0 Å². The second-order valence-electron chi connectivity index (χ2n) is 2.70. The van der Waals surface area contributed by atoms with Gasteiger partial charge in [0.25, 0.3) is 5.91 Å². The van der Waals surface area contributed by atoms with Crippen molar-refractivity contribution < 1.29 is 4.79 Å². The highest BCUT2D eigenvalue weighted by atomic mass is 16.2. The van der Waals surface area contributed by atoms with E-state index in [1.165, 1.54) is 4.90 Å². The first-order chi connectivity index (χ1) is 8.04. The Morgan fingerprint density at radius 2 is 1.71 bits per heavy atom. The molecule has 17 heavy (non-hydrogen) atoms. The third-order valence-corrected chi connectivity index (χ3v) is 1.44. The number of hydrogen-bond acceptors (Lipinski definition) is 4. The number of hydrogen-bond donors (Lipinski definition) is 3. The fraction of sp³-hybridized carbons (Fsp3) is 0.667. The first-order valence-electron chi connectivity index (χ1n) is 6.00. The fourth-order valence-electron chi connectivity index (χ4n) is 0.771. The molecule has 0 aliphatic heterocycles. The van der Waals surface area contributed by atoms with Crippen LogP contribution in [-0.2, 0) is 4.79 Å². The quantitative estimate of drug-likeness (QED) is 0.518. The molecule has 1 amide bonds. The number of allylic oxidation sites excluding steroid dienone is 1. The number of nitrogens with zero attached hydrogens (tertiary/aromatic N) is 1. The van der Waals surface area contributed by atoms with Crippen LogP contribution < -0.4 is 11.1 Å². The van der Waals surface area contributed by atoms with Crippen molar-refractivity contribution in [3.63, 3.8) is 0 Å². The van der Waals surface area contributed by atoms with Gasteiger partial charge in [-0.2, -0.15) is 0 Å². The summed E-state index contributed by atoms with van der Waals surface area (Å²) in [6.45, 7) is 10.5. The molecule has 0 atom stereocenters. The van der Waals surface area contributed by atoms with Crippen LogP contribution in [0.5, 0.6) is 0 Å². The molecule has 0 aliphatic carbocycles. The van der Waals surface area contributed by atoms with E-state index < -0.39 is 0 Å². The Morgan fingerprint density at radius 3 is 1.94 bits per heavy atom. The van der Waals surface area contributed by atoms with Crippen molar-refractivity contribution in [2.45, 2.75) is 34.6 Å². The standard InChI is InChI=1S/C8H16N4O.2C2H6/c1-4-11-6(5-9)7(10)8(13)12(2)3;2*1-2/h5,9,11H,4,10H2,1-3H3;2*1-2H3/b7-6+,9-5?;;. The molecule has 0 aromatic rings. The number of nitrogens with two attached hydrogens (primary N) is 1. The van der Waals surface area contributed by atoms with Gasteiger partial charge < -0.3 is 21.4 Å². The summed E-state index contributed by atoms with van der Waals surface area (Å²) in [6.07, 6.45) is 1.04. The van der Waals surface area contributed by atoms with Gasteiger partial charge in [0.1, 0.15) is 5.70 Å². The number of carbonyl (C=O) groups excluding carboxylic acids is 1. The molecule has 5 heteroatoms. The van der Waals surface area contributed by atoms with Crippen molar-refractivity contribution >= 4 is 12.1 Å². The molecule has 0 unspecified atom stereocenters. The fourth-order valence-corrected chi connectivity index (χ4v) is 0.771. The molecule has 0 saturated heterocycles. The van der Waals surface area contributed by atoms with Crippen LogP contribution in [0.4, 0.5) is 0 Å². The topological polar surface area (TPSA) is 82.2 Å². The average Bonchev–Trinajstić information content (AvgIpc) is 2.38. The van der Waals surface area contributed by atoms with Crippen LogP contribution in [0.3, 0.4) is 0 Å². The molecular formula is C12H28N4O. The van der Waals surface area contributed by atoms with Crippen LogP contribution in [0.25, 0.3) is 0 Å². The van der Waals surface area contributed by atoms with Gasteiger partial charge in [0.2, 0.25) is 0 Å². The van der Waals surface area contributed by atoms with Crippen molar-refractivity contribution in [1.82, 2.24) is 10.2 Å². The molecule has 0 rings (SSSR count). The van der Waals surface area contributed by atoms with Crippen molar-refractivity contribution in [2.24, 2.45) is 5.73 Å². The van der Waals surface area contributed by atoms with Crippen LogP contribution in [0, 0.1) is 5.41 Å². The Hall–Kier alpha value is -1.52. The summed E-state index contributed by atoms with van der Waals surface area (Å²) in [6, 6.07) is 0. The van der Waals surface area contributed by atoms with E-state index >= 15 is 0 Å². The Bertz CT molecular complexity index is 235. The Kier molecular flexibility index (Phi) is 17.8. The molecular weight excluding hydrogens is 216 g/mol. The minimum atomic E-state index is -0.292. The van der Waals surface area contributed by atoms with Gasteiger partial charge in [-0.05, 0) is 6.92 Å². The molecule has 4 N–H and O–H groups in total. The van der Waals surface area contributed by atoms with Gasteiger partial charge in [0, 0.05) is 26.9 Å². The first-order valence-corrected chi connectivity index (χ1v) is 6.00. The summed E-state index contributed by atoms with van der Waals surface area (Å²) in [7, 11) is 3.23. The maximum Gasteiger partial charge on any atom is 0.271 e. The Labute approximate surface area is 106 Å². The van der Waals surface area contributed by atoms with Crippen LogP contribution in [0.2, 0.25) is 0 Å². The lowest BCUT2D eigenvalue weighted by Gasteiger charge is -2.13. The second kappa shape index (κ2) is 14.5. The Morgan fingerprint density at radius 1 is 1.29 bits per heavy atom. The van der Waals surface area contributed by atoms with E-state index in [1.54, 1.807) is 14.1 Å². The van der Waals surface area contributed by atoms with Crippen molar-refractivity contribution in [1.29, 1.82) is 5.41 Å². The molecule has 0 saturated carbocycles. The highest BCUT2D eigenvalue weighted by Gasteiger charge is 2.11. The zero-order chi connectivity index (χ0) is 14.4. The van der Waals surface area contributed by atoms with E-state index in [1.807, 2.05) is 34.6 Å². The summed E-state index contributed by atoms with van der Waals surface area (Å²) < 4.78 is 0. The molecule has 5 nitrogen and oxygen atoms in total. The van der Waals surface area contributed by atoms with Gasteiger partial charge in [-0.3, -0.25) is 4.79 Å². The van der Waals surface area contributed by atoms with E-state index in [4.69, 9.17) is 11.1 Å². The van der Waals surface area contributed by atoms with Gasteiger partial charge in [-0.25, -0.2) is 0 Å². The number of carbonyl (C=O) groups is 1. The van der Waals surface area contributed by atoms with E-state index in [-0.39, 0.29) is 11.6 Å². The maximum absolute atomic E-state index is 11.3. The average molecular weight is 244 g/mol. The largest absolute Gasteiger partial charge is 0.393 e. The number of likely N-dealkylation sites (N-methyl/N-ethyl adjacent to an activating group) is 1. The first kappa shape index (κ1) is 20.8. The van der Waals surface area contributed by atoms with Gasteiger partial charge >= 0.3 is 0 Å². The van der Waals surface area contributed by atoms with E-state index in [2.05, 4.69) is 5.32 Å². The van der Waals surface area contributed by atoms with Crippen LogP contribution in [-0.4, -0.2) is 37.7 Å². The molecule has 0 aromatic heterocycles. The maximum atomic E-state index is 11.3. The monoisotopic (exact) mass is 244 g/mol. The smallest absolute Gasteiger partial charge is 0.271 e. The minimum Gasteiger partial charge on any atom is -0.393 e. The summed E-state index contributed by atoms with van der Waals surface area (Å²) >= 11 is 0. The highest BCUT2D eigenvalue weighted by Crippen LogP contribution is 1.95. The predicted octanol–water partition coefficient (Wildman–Crippen LogP) is 1.56. The molecule has 0 bridgehead atoms. The molecule has 0 heterocycles. The zero-order valence-corrected chi connectivity index (χ0v) is 12.2. The van der Waals surface area contributed by atoms with Gasteiger partial charge in [0.15, 0.2) is 0 Å². The molecule has 0 aliphatic rings. The van der Waals surface area contributed by atoms with E-state index in [0.717, 1.165) is 6.21 Å². The zero-order valence-electron chi connectivity index (χ0n) is 12.2. The van der Waals surface area contributed by atoms with Gasteiger partial charge in [-0.15, -0.1) is 0 Å². The Balaban J connectivity index is -0.000000439. The lowest BCUT2D eigenvalue weighted by atomic mass is 10.3. The van der Waals surface area contributed by atoms with Crippen LogP contribution in [0.1, 0.15) is 34.6 Å². The number of amides is 1. The van der Waals surface area contributed by atoms with Crippen molar-refractivity contribution in [3.05, 3.63) is 11.4 Å².